The van der Waals surface area contributed by atoms with Crippen molar-refractivity contribution < 1.29 is 4.79 Å². The first-order valence-electron chi connectivity index (χ1n) is 5.94. The second-order valence-corrected chi connectivity index (χ2v) is 4.45. The summed E-state index contributed by atoms with van der Waals surface area (Å²) >= 11 is 0. The molecule has 4 rings (SSSR count). The van der Waals surface area contributed by atoms with Gasteiger partial charge in [0.15, 0.2) is 0 Å². The Balaban J connectivity index is 0.00000110. The molecule has 1 aromatic carbocycles. The molecule has 4 heteroatoms. The Morgan fingerprint density at radius 1 is 1.11 bits per heavy atom. The van der Waals surface area contributed by atoms with Crippen LogP contribution >= 0.6 is 12.4 Å². The molecule has 0 spiro atoms. The van der Waals surface area contributed by atoms with E-state index >= 15 is 0 Å². The topological polar surface area (TPSA) is 34.9 Å². The summed E-state index contributed by atoms with van der Waals surface area (Å²) in [6.07, 6.45) is 6.03. The lowest BCUT2D eigenvalue weighted by molar-refractivity contribution is 0.0928. The largest absolute Gasteiger partial charge is 0.277 e. The van der Waals surface area contributed by atoms with E-state index in [-0.39, 0.29) is 18.3 Å². The zero-order valence-corrected chi connectivity index (χ0v) is 10.9. The Hall–Kier alpha value is -2.13. The summed E-state index contributed by atoms with van der Waals surface area (Å²) in [5.74, 6) is 0.101. The quantitative estimate of drug-likeness (QED) is 0.625. The monoisotopic (exact) mass is 270 g/mol. The lowest BCUT2D eigenvalue weighted by atomic mass is 10.1. The molecule has 0 aliphatic carbocycles. The molecule has 0 atom stereocenters. The maximum Gasteiger partial charge on any atom is 0.235 e. The van der Waals surface area contributed by atoms with Crippen LogP contribution in [0.4, 0.5) is 0 Å². The van der Waals surface area contributed by atoms with Gasteiger partial charge >= 0.3 is 0 Å². The lowest BCUT2D eigenvalue weighted by Crippen LogP contribution is -2.08. The highest BCUT2D eigenvalue weighted by Gasteiger charge is 2.19. The van der Waals surface area contributed by atoms with E-state index in [9.17, 15) is 4.79 Å². The van der Waals surface area contributed by atoms with Gasteiger partial charge in [-0.25, -0.2) is 0 Å². The van der Waals surface area contributed by atoms with Crippen LogP contribution in [-0.2, 0) is 0 Å². The van der Waals surface area contributed by atoms with Crippen LogP contribution in [0.15, 0.2) is 42.6 Å². The van der Waals surface area contributed by atoms with Crippen LogP contribution in [-0.4, -0.2) is 15.5 Å². The number of halogens is 1. The Morgan fingerprint density at radius 3 is 2.84 bits per heavy atom. The molecule has 19 heavy (non-hydrogen) atoms. The van der Waals surface area contributed by atoms with Crippen molar-refractivity contribution in [1.29, 1.82) is 0 Å². The van der Waals surface area contributed by atoms with Crippen molar-refractivity contribution in [2.45, 2.75) is 6.42 Å². The SMILES string of the molecule is Cl.O=C1CC=Cc2nccc3c4ccccc4n1c23. The summed E-state index contributed by atoms with van der Waals surface area (Å²) < 4.78 is 1.80. The van der Waals surface area contributed by atoms with Crippen molar-refractivity contribution in [2.75, 3.05) is 0 Å². The van der Waals surface area contributed by atoms with Gasteiger partial charge in [0.1, 0.15) is 0 Å². The number of fused-ring (bicyclic) bond motifs is 3. The number of hydrogen-bond donors (Lipinski definition) is 0. The Bertz CT molecular complexity index is 833. The molecule has 0 saturated carbocycles. The first kappa shape index (κ1) is 11.9. The van der Waals surface area contributed by atoms with Crippen molar-refractivity contribution in [3.05, 3.63) is 48.3 Å². The fourth-order valence-electron chi connectivity index (χ4n) is 2.68. The van der Waals surface area contributed by atoms with Gasteiger partial charge in [0.05, 0.1) is 16.7 Å². The zero-order chi connectivity index (χ0) is 12.1. The third-order valence-corrected chi connectivity index (χ3v) is 3.43. The number of carbonyl (C=O) groups excluding carboxylic acids is 1. The number of carbonyl (C=O) groups is 1. The Kier molecular flexibility index (Phi) is 2.64. The van der Waals surface area contributed by atoms with Gasteiger partial charge in [-0.2, -0.15) is 0 Å². The molecule has 3 aromatic rings. The van der Waals surface area contributed by atoms with Crippen molar-refractivity contribution in [2.24, 2.45) is 0 Å². The number of benzene rings is 1. The Labute approximate surface area is 116 Å². The van der Waals surface area contributed by atoms with Crippen LogP contribution in [0, 0.1) is 0 Å². The third-order valence-electron chi connectivity index (χ3n) is 3.43. The standard InChI is InChI=1S/C15H10N2O.ClH/c18-14-7-3-5-12-15-11(8-9-16-12)10-4-1-2-6-13(10)17(14)15;/h1-6,8-9H,7H2;1H. The van der Waals surface area contributed by atoms with E-state index in [1.54, 1.807) is 10.8 Å². The minimum absolute atomic E-state index is 0. The van der Waals surface area contributed by atoms with Gasteiger partial charge in [-0.3, -0.25) is 14.3 Å². The highest BCUT2D eigenvalue weighted by atomic mass is 35.5. The molecule has 0 unspecified atom stereocenters. The first-order valence-corrected chi connectivity index (χ1v) is 5.94. The smallest absolute Gasteiger partial charge is 0.235 e. The first-order chi connectivity index (χ1) is 8.86. The summed E-state index contributed by atoms with van der Waals surface area (Å²) in [6, 6.07) is 9.98. The maximum atomic E-state index is 12.3. The fraction of sp³-hybridized carbons (Fsp3) is 0.0667. The predicted octanol–water partition coefficient (Wildman–Crippen LogP) is 3.67. The van der Waals surface area contributed by atoms with Crippen LogP contribution in [0.5, 0.6) is 0 Å². The summed E-state index contributed by atoms with van der Waals surface area (Å²) in [7, 11) is 0. The van der Waals surface area contributed by atoms with Gasteiger partial charge in [0, 0.05) is 23.4 Å². The highest BCUT2D eigenvalue weighted by molar-refractivity contribution is 6.15. The molecule has 94 valence electrons. The van der Waals surface area contributed by atoms with Crippen molar-refractivity contribution in [3.8, 4) is 0 Å². The van der Waals surface area contributed by atoms with E-state index in [2.05, 4.69) is 11.1 Å². The molecule has 0 bridgehead atoms. The third kappa shape index (κ3) is 1.52. The second-order valence-electron chi connectivity index (χ2n) is 4.45. The number of rotatable bonds is 0. The molecule has 2 aromatic heterocycles. The van der Waals surface area contributed by atoms with E-state index in [1.165, 1.54) is 0 Å². The van der Waals surface area contributed by atoms with E-state index in [1.807, 2.05) is 36.4 Å². The molecular weight excluding hydrogens is 260 g/mol. The molecule has 1 aliphatic heterocycles. The molecule has 0 N–H and O–H groups in total. The number of para-hydroxylation sites is 1. The van der Waals surface area contributed by atoms with Gasteiger partial charge < -0.3 is 0 Å². The van der Waals surface area contributed by atoms with E-state index < -0.39 is 0 Å². The lowest BCUT2D eigenvalue weighted by Gasteiger charge is -2.02. The molecule has 0 radical (unpaired) electrons. The highest BCUT2D eigenvalue weighted by Crippen LogP contribution is 2.32. The van der Waals surface area contributed by atoms with E-state index in [0.717, 1.165) is 27.5 Å². The average molecular weight is 271 g/mol. The van der Waals surface area contributed by atoms with Crippen LogP contribution in [0.25, 0.3) is 27.9 Å². The van der Waals surface area contributed by atoms with Crippen LogP contribution in [0.3, 0.4) is 0 Å². The second kappa shape index (κ2) is 4.21. The summed E-state index contributed by atoms with van der Waals surface area (Å²) in [4.78, 5) is 16.6. The van der Waals surface area contributed by atoms with E-state index in [0.29, 0.717) is 6.42 Å². The van der Waals surface area contributed by atoms with Crippen LogP contribution in [0.2, 0.25) is 0 Å². The predicted molar refractivity (Wildman–Crippen MR) is 78.8 cm³/mol. The molecular formula is C15H11ClN2O. The van der Waals surface area contributed by atoms with Gasteiger partial charge in [-0.05, 0) is 18.2 Å². The molecule has 3 heterocycles. The van der Waals surface area contributed by atoms with Crippen LogP contribution in [0.1, 0.15) is 16.9 Å². The van der Waals surface area contributed by atoms with Gasteiger partial charge in [0.25, 0.3) is 0 Å². The average Bonchev–Trinajstić information content (AvgIpc) is 2.64. The normalized spacial score (nSPS) is 13.6. The number of allylic oxidation sites excluding steroid dienone is 1. The van der Waals surface area contributed by atoms with Gasteiger partial charge in [0.2, 0.25) is 5.91 Å². The maximum absolute atomic E-state index is 12.3. The minimum atomic E-state index is 0. The van der Waals surface area contributed by atoms with Gasteiger partial charge in [-0.15, -0.1) is 12.4 Å². The summed E-state index contributed by atoms with van der Waals surface area (Å²) in [5.41, 5.74) is 2.77. The fourth-order valence-corrected chi connectivity index (χ4v) is 2.68. The Morgan fingerprint density at radius 2 is 1.95 bits per heavy atom. The molecule has 0 saturated heterocycles. The van der Waals surface area contributed by atoms with Crippen molar-refractivity contribution in [1.82, 2.24) is 9.55 Å². The summed E-state index contributed by atoms with van der Waals surface area (Å²) in [6.45, 7) is 0. The number of nitrogens with zero attached hydrogens (tertiary/aromatic N) is 2. The van der Waals surface area contributed by atoms with Crippen LogP contribution < -0.4 is 0 Å². The number of hydrogen-bond acceptors (Lipinski definition) is 2. The molecule has 1 aliphatic rings. The zero-order valence-electron chi connectivity index (χ0n) is 10.0. The van der Waals surface area contributed by atoms with Gasteiger partial charge in [-0.1, -0.05) is 24.3 Å². The van der Waals surface area contributed by atoms with E-state index in [4.69, 9.17) is 0 Å². The molecule has 0 fully saturated rings. The number of pyridine rings is 1. The van der Waals surface area contributed by atoms with Crippen molar-refractivity contribution >= 4 is 46.2 Å². The van der Waals surface area contributed by atoms with Crippen molar-refractivity contribution in [3.63, 3.8) is 0 Å². The molecule has 3 nitrogen and oxygen atoms in total. The minimum Gasteiger partial charge on any atom is -0.277 e. The number of aromatic nitrogens is 2. The summed E-state index contributed by atoms with van der Waals surface area (Å²) in [5, 5.41) is 2.20. The molecule has 0 amide bonds.